The zero-order chi connectivity index (χ0) is 12.2. The first-order valence-electron chi connectivity index (χ1n) is 6.89. The fourth-order valence-electron chi connectivity index (χ4n) is 2.92. The van der Waals surface area contributed by atoms with Gasteiger partial charge in [-0.05, 0) is 18.9 Å². The van der Waals surface area contributed by atoms with Crippen LogP contribution in [-0.4, -0.2) is 41.9 Å². The second-order valence-corrected chi connectivity index (χ2v) is 5.02. The first-order valence-corrected chi connectivity index (χ1v) is 6.89. The Morgan fingerprint density at radius 3 is 2.83 bits per heavy atom. The molecule has 0 spiro atoms. The highest BCUT2D eigenvalue weighted by Gasteiger charge is 2.27. The zero-order valence-electron chi connectivity index (χ0n) is 10.6. The first kappa shape index (κ1) is 12.1. The topological polar surface area (TPSA) is 48.3 Å². The third-order valence-electron chi connectivity index (χ3n) is 3.83. The average molecular weight is 251 g/mol. The molecule has 2 heterocycles. The summed E-state index contributed by atoms with van der Waals surface area (Å²) in [5.74, 6) is 0. The maximum absolute atomic E-state index is 5.46. The van der Waals surface area contributed by atoms with E-state index in [9.17, 15) is 0 Å². The number of hydrogen-bond donors (Lipinski definition) is 1. The highest BCUT2D eigenvalue weighted by atomic mass is 16.7. The Morgan fingerprint density at radius 1 is 1.22 bits per heavy atom. The molecule has 1 aliphatic heterocycles. The van der Waals surface area contributed by atoms with Crippen molar-refractivity contribution >= 4 is 0 Å². The van der Waals surface area contributed by atoms with Gasteiger partial charge in [0.15, 0.2) is 6.29 Å². The molecule has 0 unspecified atom stereocenters. The van der Waals surface area contributed by atoms with Crippen molar-refractivity contribution in [2.45, 2.75) is 44.1 Å². The van der Waals surface area contributed by atoms with Gasteiger partial charge in [0.25, 0.3) is 0 Å². The quantitative estimate of drug-likeness (QED) is 0.877. The lowest BCUT2D eigenvalue weighted by Crippen LogP contribution is -2.43. The number of hydrogen-bond acceptors (Lipinski definition) is 4. The molecule has 1 saturated carbocycles. The molecule has 1 aromatic heterocycles. The number of aromatic nitrogens is 2. The van der Waals surface area contributed by atoms with E-state index in [1.165, 1.54) is 25.7 Å². The Bertz CT molecular complexity index is 349. The van der Waals surface area contributed by atoms with Gasteiger partial charge in [-0.3, -0.25) is 4.68 Å². The standard InChI is InChI=1S/C13H21N3O2/c1-2-5-12(16-7-3-6-15-16)11(4-1)14-10-13-17-8-9-18-13/h3,6-7,11-14H,1-2,4-5,8-10H2/t11-,12+/m0/s1. The van der Waals surface area contributed by atoms with Crippen molar-refractivity contribution in [3.63, 3.8) is 0 Å². The van der Waals surface area contributed by atoms with Crippen LogP contribution in [0.25, 0.3) is 0 Å². The Labute approximate surface area is 107 Å². The maximum atomic E-state index is 5.46. The van der Waals surface area contributed by atoms with Gasteiger partial charge in [0.2, 0.25) is 0 Å². The lowest BCUT2D eigenvalue weighted by atomic mass is 9.90. The van der Waals surface area contributed by atoms with Crippen LogP contribution >= 0.6 is 0 Å². The fourth-order valence-corrected chi connectivity index (χ4v) is 2.92. The largest absolute Gasteiger partial charge is 0.349 e. The predicted molar refractivity (Wildman–Crippen MR) is 67.2 cm³/mol. The van der Waals surface area contributed by atoms with Crippen LogP contribution in [0.15, 0.2) is 18.5 Å². The number of nitrogens with zero attached hydrogens (tertiary/aromatic N) is 2. The summed E-state index contributed by atoms with van der Waals surface area (Å²) < 4.78 is 13.0. The summed E-state index contributed by atoms with van der Waals surface area (Å²) in [6.45, 7) is 2.22. The molecule has 18 heavy (non-hydrogen) atoms. The van der Waals surface area contributed by atoms with Crippen molar-refractivity contribution in [3.8, 4) is 0 Å². The van der Waals surface area contributed by atoms with Crippen molar-refractivity contribution in [1.29, 1.82) is 0 Å². The third-order valence-corrected chi connectivity index (χ3v) is 3.83. The van der Waals surface area contributed by atoms with E-state index < -0.39 is 0 Å². The van der Waals surface area contributed by atoms with Gasteiger partial charge in [0, 0.05) is 25.0 Å². The Kier molecular flexibility index (Phi) is 3.93. The van der Waals surface area contributed by atoms with Crippen molar-refractivity contribution in [2.75, 3.05) is 19.8 Å². The molecule has 1 aromatic rings. The summed E-state index contributed by atoms with van der Waals surface area (Å²) >= 11 is 0. The van der Waals surface area contributed by atoms with Gasteiger partial charge in [-0.1, -0.05) is 12.8 Å². The van der Waals surface area contributed by atoms with E-state index in [0.29, 0.717) is 12.1 Å². The molecule has 0 bridgehead atoms. The molecule has 5 heteroatoms. The van der Waals surface area contributed by atoms with Crippen LogP contribution in [0.1, 0.15) is 31.7 Å². The molecule has 2 fully saturated rings. The molecule has 100 valence electrons. The molecule has 2 aliphatic rings. The molecule has 0 radical (unpaired) electrons. The third kappa shape index (κ3) is 2.74. The van der Waals surface area contributed by atoms with E-state index >= 15 is 0 Å². The fraction of sp³-hybridized carbons (Fsp3) is 0.769. The maximum Gasteiger partial charge on any atom is 0.170 e. The van der Waals surface area contributed by atoms with E-state index in [2.05, 4.69) is 21.3 Å². The van der Waals surface area contributed by atoms with E-state index in [0.717, 1.165) is 19.8 Å². The van der Waals surface area contributed by atoms with E-state index in [4.69, 9.17) is 9.47 Å². The molecule has 0 aromatic carbocycles. The number of rotatable bonds is 4. The molecule has 1 saturated heterocycles. The predicted octanol–water partition coefficient (Wildman–Crippen LogP) is 1.33. The van der Waals surface area contributed by atoms with Crippen LogP contribution in [0.3, 0.4) is 0 Å². The van der Waals surface area contributed by atoms with Crippen molar-refractivity contribution in [3.05, 3.63) is 18.5 Å². The lowest BCUT2D eigenvalue weighted by molar-refractivity contribution is -0.0423. The van der Waals surface area contributed by atoms with Gasteiger partial charge in [-0.2, -0.15) is 5.10 Å². The Morgan fingerprint density at radius 2 is 2.06 bits per heavy atom. The van der Waals surface area contributed by atoms with Crippen molar-refractivity contribution in [1.82, 2.24) is 15.1 Å². The molecular weight excluding hydrogens is 230 g/mol. The molecular formula is C13H21N3O2. The Hall–Kier alpha value is -0.910. The summed E-state index contributed by atoms with van der Waals surface area (Å²) in [4.78, 5) is 0. The summed E-state index contributed by atoms with van der Waals surface area (Å²) in [6.07, 6.45) is 8.84. The summed E-state index contributed by atoms with van der Waals surface area (Å²) in [5.41, 5.74) is 0. The molecule has 0 amide bonds. The van der Waals surface area contributed by atoms with Crippen molar-refractivity contribution < 1.29 is 9.47 Å². The van der Waals surface area contributed by atoms with Gasteiger partial charge < -0.3 is 14.8 Å². The Balaban J connectivity index is 1.57. The van der Waals surface area contributed by atoms with Crippen LogP contribution in [0.5, 0.6) is 0 Å². The minimum Gasteiger partial charge on any atom is -0.349 e. The van der Waals surface area contributed by atoms with Crippen LogP contribution < -0.4 is 5.32 Å². The van der Waals surface area contributed by atoms with Crippen LogP contribution in [0.4, 0.5) is 0 Å². The minimum absolute atomic E-state index is 0.0646. The summed E-state index contributed by atoms with van der Waals surface area (Å²) in [5, 5.41) is 7.98. The van der Waals surface area contributed by atoms with Crippen LogP contribution in [0, 0.1) is 0 Å². The van der Waals surface area contributed by atoms with Crippen LogP contribution in [-0.2, 0) is 9.47 Å². The summed E-state index contributed by atoms with van der Waals surface area (Å²) in [6, 6.07) is 2.94. The molecule has 1 aliphatic carbocycles. The van der Waals surface area contributed by atoms with Gasteiger partial charge in [0.1, 0.15) is 0 Å². The molecule has 3 rings (SSSR count). The second-order valence-electron chi connectivity index (χ2n) is 5.02. The monoisotopic (exact) mass is 251 g/mol. The summed E-state index contributed by atoms with van der Waals surface area (Å²) in [7, 11) is 0. The highest BCUT2D eigenvalue weighted by Crippen LogP contribution is 2.28. The van der Waals surface area contributed by atoms with Crippen LogP contribution in [0.2, 0.25) is 0 Å². The van der Waals surface area contributed by atoms with E-state index in [1.807, 2.05) is 12.3 Å². The molecule has 2 atom stereocenters. The van der Waals surface area contributed by atoms with E-state index in [-0.39, 0.29) is 6.29 Å². The van der Waals surface area contributed by atoms with E-state index in [1.54, 1.807) is 0 Å². The normalized spacial score (nSPS) is 29.8. The smallest absolute Gasteiger partial charge is 0.170 e. The van der Waals surface area contributed by atoms with Gasteiger partial charge >= 0.3 is 0 Å². The second kappa shape index (κ2) is 5.82. The van der Waals surface area contributed by atoms with Gasteiger partial charge in [-0.25, -0.2) is 0 Å². The molecule has 1 N–H and O–H groups in total. The average Bonchev–Trinajstić information content (AvgIpc) is 3.10. The lowest BCUT2D eigenvalue weighted by Gasteiger charge is -2.33. The SMILES string of the molecule is c1cnn([C@@H]2CCCC[C@@H]2NCC2OCCO2)c1. The highest BCUT2D eigenvalue weighted by molar-refractivity contribution is 4.89. The first-order chi connectivity index (χ1) is 8.93. The number of nitrogens with one attached hydrogen (secondary N) is 1. The van der Waals surface area contributed by atoms with Crippen molar-refractivity contribution in [2.24, 2.45) is 0 Å². The molecule has 5 nitrogen and oxygen atoms in total. The van der Waals surface area contributed by atoms with Gasteiger partial charge in [-0.15, -0.1) is 0 Å². The zero-order valence-corrected chi connectivity index (χ0v) is 10.6. The number of ether oxygens (including phenoxy) is 2. The van der Waals surface area contributed by atoms with Gasteiger partial charge in [0.05, 0.1) is 19.3 Å². The minimum atomic E-state index is -0.0646.